The Morgan fingerprint density at radius 3 is 2.54 bits per heavy atom. The Morgan fingerprint density at radius 2 is 1.92 bits per heavy atom. The molecule has 5 heteroatoms. The summed E-state index contributed by atoms with van der Waals surface area (Å²) in [5.41, 5.74) is 1.62. The average Bonchev–Trinajstić information content (AvgIpc) is 2.58. The van der Waals surface area contributed by atoms with E-state index in [1.165, 1.54) is 4.90 Å². The van der Waals surface area contributed by atoms with Gasteiger partial charge in [0, 0.05) is 15.9 Å². The van der Waals surface area contributed by atoms with Crippen LogP contribution in [0, 0.1) is 5.92 Å². The SMILES string of the molecule is CSc1ccc(CNC(=O)c2cc(Br)ccc2OCC(C)C)cc1. The van der Waals surface area contributed by atoms with Crippen molar-refractivity contribution in [2.45, 2.75) is 25.3 Å². The highest BCUT2D eigenvalue weighted by molar-refractivity contribution is 9.10. The van der Waals surface area contributed by atoms with E-state index in [0.29, 0.717) is 30.4 Å². The summed E-state index contributed by atoms with van der Waals surface area (Å²) in [7, 11) is 0. The fourth-order valence-electron chi connectivity index (χ4n) is 2.08. The van der Waals surface area contributed by atoms with Gasteiger partial charge in [-0.1, -0.05) is 41.9 Å². The van der Waals surface area contributed by atoms with Crippen molar-refractivity contribution in [1.29, 1.82) is 0 Å². The number of carbonyl (C=O) groups is 1. The zero-order valence-corrected chi connectivity index (χ0v) is 16.5. The van der Waals surface area contributed by atoms with Gasteiger partial charge in [0.15, 0.2) is 0 Å². The molecular formula is C19H22BrNO2S. The maximum Gasteiger partial charge on any atom is 0.255 e. The predicted molar refractivity (Wildman–Crippen MR) is 104 cm³/mol. The molecule has 0 heterocycles. The molecule has 0 aliphatic rings. The molecule has 3 nitrogen and oxygen atoms in total. The second-order valence-corrected chi connectivity index (χ2v) is 7.67. The van der Waals surface area contributed by atoms with E-state index in [-0.39, 0.29) is 5.91 Å². The van der Waals surface area contributed by atoms with Crippen molar-refractivity contribution in [3.8, 4) is 5.75 Å². The first-order chi connectivity index (χ1) is 11.5. The van der Waals surface area contributed by atoms with Crippen LogP contribution in [0.2, 0.25) is 0 Å². The molecule has 0 unspecified atom stereocenters. The number of hydrogen-bond donors (Lipinski definition) is 1. The van der Waals surface area contributed by atoms with Gasteiger partial charge in [0.2, 0.25) is 0 Å². The number of carbonyl (C=O) groups excluding carboxylic acids is 1. The minimum Gasteiger partial charge on any atom is -0.492 e. The van der Waals surface area contributed by atoms with Gasteiger partial charge in [0.25, 0.3) is 5.91 Å². The van der Waals surface area contributed by atoms with Crippen molar-refractivity contribution >= 4 is 33.6 Å². The fraction of sp³-hybridized carbons (Fsp3) is 0.316. The number of nitrogens with one attached hydrogen (secondary N) is 1. The molecule has 0 spiro atoms. The van der Waals surface area contributed by atoms with Crippen molar-refractivity contribution in [3.05, 3.63) is 58.1 Å². The first-order valence-corrected chi connectivity index (χ1v) is 9.85. The van der Waals surface area contributed by atoms with Crippen molar-refractivity contribution < 1.29 is 9.53 Å². The lowest BCUT2D eigenvalue weighted by molar-refractivity contribution is 0.0946. The van der Waals surface area contributed by atoms with E-state index in [9.17, 15) is 4.79 Å². The summed E-state index contributed by atoms with van der Waals surface area (Å²) in [4.78, 5) is 13.8. The van der Waals surface area contributed by atoms with Crippen molar-refractivity contribution in [2.75, 3.05) is 12.9 Å². The van der Waals surface area contributed by atoms with Crippen LogP contribution in [0.4, 0.5) is 0 Å². The minimum absolute atomic E-state index is 0.135. The number of thioether (sulfide) groups is 1. The van der Waals surface area contributed by atoms with Crippen LogP contribution in [0.25, 0.3) is 0 Å². The van der Waals surface area contributed by atoms with Gasteiger partial charge < -0.3 is 10.1 Å². The third-order valence-corrected chi connectivity index (χ3v) is 4.61. The topological polar surface area (TPSA) is 38.3 Å². The summed E-state index contributed by atoms with van der Waals surface area (Å²) in [5, 5.41) is 2.96. The molecule has 1 amide bonds. The largest absolute Gasteiger partial charge is 0.492 e. The number of halogens is 1. The molecule has 0 radical (unpaired) electrons. The van der Waals surface area contributed by atoms with Crippen LogP contribution in [-0.2, 0) is 6.54 Å². The molecule has 0 atom stereocenters. The predicted octanol–water partition coefficient (Wildman–Crippen LogP) is 5.14. The molecule has 0 aromatic heterocycles. The molecule has 1 N–H and O–H groups in total. The molecule has 0 fully saturated rings. The molecule has 24 heavy (non-hydrogen) atoms. The number of rotatable bonds is 7. The monoisotopic (exact) mass is 407 g/mol. The van der Waals surface area contributed by atoms with Gasteiger partial charge in [-0.3, -0.25) is 4.79 Å². The first kappa shape index (κ1) is 18.9. The zero-order valence-electron chi connectivity index (χ0n) is 14.1. The lowest BCUT2D eigenvalue weighted by Crippen LogP contribution is -2.23. The summed E-state index contributed by atoms with van der Waals surface area (Å²) < 4.78 is 6.63. The van der Waals surface area contributed by atoms with Crippen LogP contribution in [0.3, 0.4) is 0 Å². The summed E-state index contributed by atoms with van der Waals surface area (Å²) in [5.74, 6) is 0.880. The Kier molecular flexibility index (Phi) is 7.18. The van der Waals surface area contributed by atoms with Gasteiger partial charge in [-0.2, -0.15) is 0 Å². The molecule has 2 aromatic carbocycles. The van der Waals surface area contributed by atoms with E-state index < -0.39 is 0 Å². The van der Waals surface area contributed by atoms with Gasteiger partial charge in [0.05, 0.1) is 12.2 Å². The van der Waals surface area contributed by atoms with Crippen LogP contribution >= 0.6 is 27.7 Å². The summed E-state index contributed by atoms with van der Waals surface area (Å²) in [6.07, 6.45) is 2.04. The molecule has 0 aliphatic carbocycles. The molecule has 0 aliphatic heterocycles. The van der Waals surface area contributed by atoms with Crippen LogP contribution in [0.1, 0.15) is 29.8 Å². The lowest BCUT2D eigenvalue weighted by atomic mass is 10.1. The van der Waals surface area contributed by atoms with Crippen molar-refractivity contribution in [1.82, 2.24) is 5.32 Å². The van der Waals surface area contributed by atoms with E-state index in [4.69, 9.17) is 4.74 Å². The van der Waals surface area contributed by atoms with Crippen molar-refractivity contribution in [3.63, 3.8) is 0 Å². The van der Waals surface area contributed by atoms with E-state index in [1.807, 2.05) is 30.5 Å². The van der Waals surface area contributed by atoms with Crippen LogP contribution in [-0.4, -0.2) is 18.8 Å². The lowest BCUT2D eigenvalue weighted by Gasteiger charge is -2.14. The Morgan fingerprint density at radius 1 is 1.21 bits per heavy atom. The second kappa shape index (κ2) is 9.14. The van der Waals surface area contributed by atoms with Gasteiger partial charge in [0.1, 0.15) is 5.75 Å². The van der Waals surface area contributed by atoms with Crippen LogP contribution in [0.15, 0.2) is 51.8 Å². The average molecular weight is 408 g/mol. The highest BCUT2D eigenvalue weighted by Crippen LogP contribution is 2.24. The van der Waals surface area contributed by atoms with Gasteiger partial charge in [-0.05, 0) is 48.1 Å². The van der Waals surface area contributed by atoms with Gasteiger partial charge >= 0.3 is 0 Å². The molecule has 0 saturated carbocycles. The standard InChI is InChI=1S/C19H22BrNO2S/c1-13(2)12-23-18-9-6-15(20)10-17(18)19(22)21-11-14-4-7-16(24-3)8-5-14/h4-10,13H,11-12H2,1-3H3,(H,21,22). The van der Waals surface area contributed by atoms with Gasteiger partial charge in [-0.25, -0.2) is 0 Å². The Bertz CT molecular complexity index is 686. The summed E-state index contributed by atoms with van der Waals surface area (Å²) >= 11 is 5.12. The number of benzene rings is 2. The summed E-state index contributed by atoms with van der Waals surface area (Å²) in [6.45, 7) is 5.23. The molecule has 0 saturated heterocycles. The van der Waals surface area contributed by atoms with E-state index in [2.05, 4.69) is 47.2 Å². The Labute approximate surface area is 156 Å². The molecular weight excluding hydrogens is 386 g/mol. The number of hydrogen-bond acceptors (Lipinski definition) is 3. The van der Waals surface area contributed by atoms with E-state index in [1.54, 1.807) is 17.8 Å². The first-order valence-electron chi connectivity index (χ1n) is 7.83. The van der Waals surface area contributed by atoms with Crippen LogP contribution < -0.4 is 10.1 Å². The van der Waals surface area contributed by atoms with Crippen LogP contribution in [0.5, 0.6) is 5.75 Å². The minimum atomic E-state index is -0.135. The van der Waals surface area contributed by atoms with E-state index in [0.717, 1.165) is 10.0 Å². The zero-order chi connectivity index (χ0) is 17.5. The quantitative estimate of drug-likeness (QED) is 0.645. The highest BCUT2D eigenvalue weighted by Gasteiger charge is 2.13. The normalized spacial score (nSPS) is 10.7. The third-order valence-electron chi connectivity index (χ3n) is 3.37. The number of amides is 1. The maximum atomic E-state index is 12.5. The fourth-order valence-corrected chi connectivity index (χ4v) is 2.85. The second-order valence-electron chi connectivity index (χ2n) is 5.88. The number of ether oxygens (including phenoxy) is 1. The molecule has 2 aromatic rings. The smallest absolute Gasteiger partial charge is 0.255 e. The highest BCUT2D eigenvalue weighted by atomic mass is 79.9. The van der Waals surface area contributed by atoms with Gasteiger partial charge in [-0.15, -0.1) is 11.8 Å². The Hall–Kier alpha value is -1.46. The van der Waals surface area contributed by atoms with E-state index >= 15 is 0 Å². The molecule has 0 bridgehead atoms. The summed E-state index contributed by atoms with van der Waals surface area (Å²) in [6, 6.07) is 13.7. The Balaban J connectivity index is 2.06. The third kappa shape index (κ3) is 5.56. The van der Waals surface area contributed by atoms with Crippen molar-refractivity contribution in [2.24, 2.45) is 5.92 Å². The maximum absolute atomic E-state index is 12.5. The molecule has 128 valence electrons. The molecule has 2 rings (SSSR count).